The molecule has 0 heterocycles. The van der Waals surface area contributed by atoms with Gasteiger partial charge in [0.2, 0.25) is 0 Å². The molecule has 2 N–H and O–H groups in total. The predicted octanol–water partition coefficient (Wildman–Crippen LogP) is 2.36. The van der Waals surface area contributed by atoms with Gasteiger partial charge in [-0.1, -0.05) is 12.1 Å². The van der Waals surface area contributed by atoms with E-state index >= 15 is 0 Å². The first-order chi connectivity index (χ1) is 7.95. The fourth-order valence-electron chi connectivity index (χ4n) is 1.02. The van der Waals surface area contributed by atoms with Crippen molar-refractivity contribution in [2.45, 2.75) is 19.0 Å². The topological polar surface area (TPSA) is 44.5 Å². The summed E-state index contributed by atoms with van der Waals surface area (Å²) in [5, 5.41) is 0. The van der Waals surface area contributed by atoms with E-state index in [2.05, 4.69) is 9.57 Å². The first-order valence-corrected chi connectivity index (χ1v) is 4.65. The molecule has 0 aliphatic carbocycles. The fraction of sp³-hybridized carbons (Fsp3) is 0.400. The summed E-state index contributed by atoms with van der Waals surface area (Å²) in [5.41, 5.74) is 0.709. The number of rotatable bonds is 6. The number of hydrogen-bond acceptors (Lipinski definition) is 3. The van der Waals surface area contributed by atoms with E-state index in [9.17, 15) is 17.6 Å². The van der Waals surface area contributed by atoms with E-state index in [0.717, 1.165) is 0 Å². The molecule has 0 spiro atoms. The molecule has 0 radical (unpaired) electrons. The van der Waals surface area contributed by atoms with Crippen LogP contribution in [-0.4, -0.2) is 19.0 Å². The van der Waals surface area contributed by atoms with Crippen LogP contribution in [0.1, 0.15) is 5.56 Å². The first-order valence-electron chi connectivity index (χ1n) is 4.65. The Kier molecular flexibility index (Phi) is 4.71. The van der Waals surface area contributed by atoms with E-state index < -0.39 is 19.0 Å². The second kappa shape index (κ2) is 5.83. The Bertz CT molecular complexity index is 343. The molecule has 0 saturated carbocycles. The zero-order chi connectivity index (χ0) is 12.9. The first kappa shape index (κ1) is 13.7. The molecule has 0 fully saturated rings. The lowest BCUT2D eigenvalue weighted by Gasteiger charge is -2.15. The Balaban J connectivity index is 2.52. The van der Waals surface area contributed by atoms with Crippen LogP contribution in [0.2, 0.25) is 0 Å². The van der Waals surface area contributed by atoms with Crippen molar-refractivity contribution >= 4 is 0 Å². The molecular formula is C10H11F4NO2. The van der Waals surface area contributed by atoms with Crippen molar-refractivity contribution in [2.75, 3.05) is 6.61 Å². The third kappa shape index (κ3) is 4.20. The summed E-state index contributed by atoms with van der Waals surface area (Å²) in [7, 11) is 0. The summed E-state index contributed by atoms with van der Waals surface area (Å²) in [6.45, 7) is -1.20. The normalized spacial score (nSPS) is 11.9. The molecule has 0 aliphatic heterocycles. The maximum atomic E-state index is 12.5. The lowest BCUT2D eigenvalue weighted by atomic mass is 10.2. The smallest absolute Gasteiger partial charge is 0.340 e. The van der Waals surface area contributed by atoms with Gasteiger partial charge in [0.15, 0.2) is 6.61 Å². The van der Waals surface area contributed by atoms with Crippen molar-refractivity contribution in [1.29, 1.82) is 0 Å². The van der Waals surface area contributed by atoms with Crippen molar-refractivity contribution in [3.8, 4) is 5.75 Å². The van der Waals surface area contributed by atoms with Crippen LogP contribution in [0, 0.1) is 0 Å². The molecule has 96 valence electrons. The number of halogens is 4. The van der Waals surface area contributed by atoms with E-state index in [4.69, 9.17) is 5.90 Å². The van der Waals surface area contributed by atoms with Crippen LogP contribution in [0.25, 0.3) is 0 Å². The molecule has 0 unspecified atom stereocenters. The molecular weight excluding hydrogens is 242 g/mol. The quantitative estimate of drug-likeness (QED) is 0.625. The predicted molar refractivity (Wildman–Crippen MR) is 51.9 cm³/mol. The van der Waals surface area contributed by atoms with Crippen molar-refractivity contribution in [2.24, 2.45) is 5.90 Å². The number of benzene rings is 1. The van der Waals surface area contributed by atoms with Crippen molar-refractivity contribution < 1.29 is 27.1 Å². The molecule has 7 heteroatoms. The standard InChI is InChI=1S/C10H11F4NO2/c11-9(12)10(13,14)6-16-8-3-1-7(2-4-8)5-17-15/h1-4,9H,5-6,15H2. The van der Waals surface area contributed by atoms with E-state index in [0.29, 0.717) is 5.56 Å². The summed E-state index contributed by atoms with van der Waals surface area (Å²) >= 11 is 0. The van der Waals surface area contributed by atoms with E-state index in [1.165, 1.54) is 24.3 Å². The van der Waals surface area contributed by atoms with Gasteiger partial charge in [0.05, 0.1) is 6.61 Å². The highest BCUT2D eigenvalue weighted by Gasteiger charge is 2.41. The van der Waals surface area contributed by atoms with E-state index in [1.54, 1.807) is 0 Å². The maximum absolute atomic E-state index is 12.5. The van der Waals surface area contributed by atoms with Gasteiger partial charge in [0.25, 0.3) is 0 Å². The minimum Gasteiger partial charge on any atom is -0.487 e. The molecule has 1 rings (SSSR count). The molecule has 3 nitrogen and oxygen atoms in total. The zero-order valence-electron chi connectivity index (χ0n) is 8.71. The summed E-state index contributed by atoms with van der Waals surface area (Å²) < 4.78 is 53.2. The Morgan fingerprint density at radius 1 is 1.18 bits per heavy atom. The summed E-state index contributed by atoms with van der Waals surface area (Å²) in [4.78, 5) is 4.35. The monoisotopic (exact) mass is 253 g/mol. The Morgan fingerprint density at radius 2 is 1.76 bits per heavy atom. The van der Waals surface area contributed by atoms with Crippen LogP contribution in [0.5, 0.6) is 5.75 Å². The van der Waals surface area contributed by atoms with Gasteiger partial charge in [-0.15, -0.1) is 0 Å². The van der Waals surface area contributed by atoms with Gasteiger partial charge in [-0.25, -0.2) is 14.7 Å². The lowest BCUT2D eigenvalue weighted by Crippen LogP contribution is -2.33. The highest BCUT2D eigenvalue weighted by Crippen LogP contribution is 2.24. The van der Waals surface area contributed by atoms with Crippen LogP contribution in [0.3, 0.4) is 0 Å². The van der Waals surface area contributed by atoms with Gasteiger partial charge in [-0.3, -0.25) is 4.84 Å². The summed E-state index contributed by atoms with van der Waals surface area (Å²) in [6, 6.07) is 5.80. The molecule has 0 atom stereocenters. The van der Waals surface area contributed by atoms with E-state index in [-0.39, 0.29) is 12.4 Å². The number of alkyl halides is 4. The van der Waals surface area contributed by atoms with E-state index in [1.807, 2.05) is 0 Å². The van der Waals surface area contributed by atoms with Crippen LogP contribution in [0.15, 0.2) is 24.3 Å². The lowest BCUT2D eigenvalue weighted by molar-refractivity contribution is -0.148. The average molecular weight is 253 g/mol. The second-order valence-corrected chi connectivity index (χ2v) is 3.31. The second-order valence-electron chi connectivity index (χ2n) is 3.31. The molecule has 0 aliphatic rings. The Labute approximate surface area is 95.1 Å². The maximum Gasteiger partial charge on any atom is 0.340 e. The highest BCUT2D eigenvalue weighted by molar-refractivity contribution is 5.26. The van der Waals surface area contributed by atoms with Gasteiger partial charge < -0.3 is 4.74 Å². The molecule has 0 amide bonds. The van der Waals surface area contributed by atoms with Gasteiger partial charge in [0, 0.05) is 0 Å². The van der Waals surface area contributed by atoms with Gasteiger partial charge in [-0.05, 0) is 17.7 Å². The Hall–Kier alpha value is -1.34. The van der Waals surface area contributed by atoms with Gasteiger partial charge in [-0.2, -0.15) is 8.78 Å². The van der Waals surface area contributed by atoms with Crippen molar-refractivity contribution in [1.82, 2.24) is 0 Å². The van der Waals surface area contributed by atoms with Crippen LogP contribution >= 0.6 is 0 Å². The zero-order valence-corrected chi connectivity index (χ0v) is 8.71. The minimum atomic E-state index is -4.15. The van der Waals surface area contributed by atoms with Crippen molar-refractivity contribution in [3.05, 3.63) is 29.8 Å². The number of hydrogen-bond donors (Lipinski definition) is 1. The van der Waals surface area contributed by atoms with Gasteiger partial charge >= 0.3 is 12.3 Å². The summed E-state index contributed by atoms with van der Waals surface area (Å²) in [5.74, 6) is 0.755. The van der Waals surface area contributed by atoms with Crippen LogP contribution < -0.4 is 10.6 Å². The molecule has 1 aromatic carbocycles. The largest absolute Gasteiger partial charge is 0.487 e. The van der Waals surface area contributed by atoms with Gasteiger partial charge in [0.1, 0.15) is 5.75 Å². The highest BCUT2D eigenvalue weighted by atomic mass is 19.3. The third-order valence-corrected chi connectivity index (χ3v) is 1.92. The SMILES string of the molecule is NOCc1ccc(OCC(F)(F)C(F)F)cc1. The molecule has 17 heavy (non-hydrogen) atoms. The van der Waals surface area contributed by atoms with Crippen LogP contribution in [-0.2, 0) is 11.4 Å². The molecule has 1 aromatic rings. The third-order valence-electron chi connectivity index (χ3n) is 1.92. The average Bonchev–Trinajstić information content (AvgIpc) is 2.28. The van der Waals surface area contributed by atoms with Crippen molar-refractivity contribution in [3.63, 3.8) is 0 Å². The minimum absolute atomic E-state index is 0.0751. The Morgan fingerprint density at radius 3 is 2.24 bits per heavy atom. The number of nitrogens with two attached hydrogens (primary N) is 1. The van der Waals surface area contributed by atoms with Crippen LogP contribution in [0.4, 0.5) is 17.6 Å². The molecule has 0 bridgehead atoms. The number of ether oxygens (including phenoxy) is 1. The fourth-order valence-corrected chi connectivity index (χ4v) is 1.02. The molecule has 0 saturated heterocycles. The summed E-state index contributed by atoms with van der Waals surface area (Å²) in [6.07, 6.45) is -3.74. The molecule has 0 aromatic heterocycles.